The highest BCUT2D eigenvalue weighted by molar-refractivity contribution is 6.01. The van der Waals surface area contributed by atoms with Gasteiger partial charge < -0.3 is 15.5 Å². The van der Waals surface area contributed by atoms with Crippen molar-refractivity contribution in [3.63, 3.8) is 0 Å². The molecule has 2 N–H and O–H groups in total. The molecule has 1 unspecified atom stereocenters. The summed E-state index contributed by atoms with van der Waals surface area (Å²) in [4.78, 5) is 25.0. The monoisotopic (exact) mass is 247 g/mol. The number of hydrogen-bond acceptors (Lipinski definition) is 2. The first kappa shape index (κ1) is 12.4. The molecule has 5 heteroatoms. The van der Waals surface area contributed by atoms with Crippen molar-refractivity contribution in [2.24, 2.45) is 0 Å². The van der Waals surface area contributed by atoms with E-state index in [1.165, 1.54) is 7.05 Å². The molecule has 1 heterocycles. The minimum absolute atomic E-state index is 0.0533. The van der Waals surface area contributed by atoms with Crippen LogP contribution in [0.2, 0.25) is 0 Å². The first-order chi connectivity index (χ1) is 8.61. The third-order valence-electron chi connectivity index (χ3n) is 3.08. The van der Waals surface area contributed by atoms with Crippen molar-refractivity contribution in [1.29, 1.82) is 0 Å². The molecule has 0 aromatic heterocycles. The quantitative estimate of drug-likeness (QED) is 0.820. The number of rotatable bonds is 2. The van der Waals surface area contributed by atoms with Crippen LogP contribution in [0.3, 0.4) is 0 Å². The molecular formula is C13H17N3O2. The average molecular weight is 247 g/mol. The number of anilines is 1. The SMILES string of the molecule is CNC(=O)NC1CCN(c2ccc(C)cc2)C1=O. The molecule has 0 bridgehead atoms. The molecule has 1 fully saturated rings. The molecule has 1 atom stereocenters. The van der Waals surface area contributed by atoms with Gasteiger partial charge in [0.15, 0.2) is 0 Å². The summed E-state index contributed by atoms with van der Waals surface area (Å²) in [5.74, 6) is -0.0533. The summed E-state index contributed by atoms with van der Waals surface area (Å²) >= 11 is 0. The van der Waals surface area contributed by atoms with Crippen molar-refractivity contribution in [3.8, 4) is 0 Å². The van der Waals surface area contributed by atoms with E-state index in [1.54, 1.807) is 4.90 Å². The van der Waals surface area contributed by atoms with Crippen LogP contribution in [0, 0.1) is 6.92 Å². The maximum Gasteiger partial charge on any atom is 0.315 e. The fraction of sp³-hybridized carbons (Fsp3) is 0.385. The number of carbonyl (C=O) groups is 2. The van der Waals surface area contributed by atoms with E-state index in [0.717, 1.165) is 11.3 Å². The van der Waals surface area contributed by atoms with Gasteiger partial charge >= 0.3 is 6.03 Å². The number of nitrogens with one attached hydrogen (secondary N) is 2. The van der Waals surface area contributed by atoms with E-state index in [4.69, 9.17) is 0 Å². The highest BCUT2D eigenvalue weighted by Crippen LogP contribution is 2.21. The van der Waals surface area contributed by atoms with Crippen LogP contribution in [0.25, 0.3) is 0 Å². The van der Waals surface area contributed by atoms with E-state index in [0.29, 0.717) is 13.0 Å². The summed E-state index contributed by atoms with van der Waals surface area (Å²) in [7, 11) is 1.53. The normalized spacial score (nSPS) is 18.9. The van der Waals surface area contributed by atoms with E-state index in [-0.39, 0.29) is 11.9 Å². The van der Waals surface area contributed by atoms with Crippen LogP contribution in [0.5, 0.6) is 0 Å². The molecule has 0 radical (unpaired) electrons. The number of carbonyl (C=O) groups excluding carboxylic acids is 2. The van der Waals surface area contributed by atoms with Gasteiger partial charge in [0, 0.05) is 19.3 Å². The Morgan fingerprint density at radius 1 is 1.33 bits per heavy atom. The van der Waals surface area contributed by atoms with Gasteiger partial charge in [-0.05, 0) is 25.5 Å². The molecule has 1 aromatic rings. The average Bonchev–Trinajstić information content (AvgIpc) is 2.72. The predicted molar refractivity (Wildman–Crippen MR) is 69.5 cm³/mol. The summed E-state index contributed by atoms with van der Waals surface area (Å²) in [6.45, 7) is 2.64. The molecule has 1 aromatic carbocycles. The van der Waals surface area contributed by atoms with Crippen molar-refractivity contribution in [2.75, 3.05) is 18.5 Å². The molecule has 96 valence electrons. The third kappa shape index (κ3) is 2.45. The van der Waals surface area contributed by atoms with Crippen LogP contribution in [-0.4, -0.2) is 31.6 Å². The van der Waals surface area contributed by atoms with Crippen LogP contribution in [0.4, 0.5) is 10.5 Å². The van der Waals surface area contributed by atoms with Gasteiger partial charge in [-0.3, -0.25) is 4.79 Å². The van der Waals surface area contributed by atoms with Crippen LogP contribution < -0.4 is 15.5 Å². The Hall–Kier alpha value is -2.04. The summed E-state index contributed by atoms with van der Waals surface area (Å²) in [5.41, 5.74) is 2.04. The molecule has 0 aliphatic carbocycles. The Bertz CT molecular complexity index is 456. The zero-order chi connectivity index (χ0) is 13.1. The molecule has 1 aliphatic rings. The Labute approximate surface area is 106 Å². The minimum atomic E-state index is -0.425. The van der Waals surface area contributed by atoms with E-state index >= 15 is 0 Å². The topological polar surface area (TPSA) is 61.4 Å². The Morgan fingerprint density at radius 2 is 2.00 bits per heavy atom. The van der Waals surface area contributed by atoms with Gasteiger partial charge in [-0.1, -0.05) is 17.7 Å². The molecule has 1 saturated heterocycles. The standard InChI is InChI=1S/C13H17N3O2/c1-9-3-5-10(6-4-9)16-8-7-11(12(16)17)15-13(18)14-2/h3-6,11H,7-8H2,1-2H3,(H2,14,15,18). The second-order valence-electron chi connectivity index (χ2n) is 4.39. The predicted octanol–water partition coefficient (Wildman–Crippen LogP) is 1.03. The Balaban J connectivity index is 2.07. The number of nitrogens with zero attached hydrogens (tertiary/aromatic N) is 1. The number of aryl methyl sites for hydroxylation is 1. The van der Waals surface area contributed by atoms with Gasteiger partial charge in [0.2, 0.25) is 5.91 Å². The van der Waals surface area contributed by atoms with Gasteiger partial charge in [0.05, 0.1) is 0 Å². The smallest absolute Gasteiger partial charge is 0.315 e. The zero-order valence-electron chi connectivity index (χ0n) is 10.6. The maximum atomic E-state index is 12.1. The lowest BCUT2D eigenvalue weighted by atomic mass is 10.2. The Kier molecular flexibility index (Phi) is 3.50. The van der Waals surface area contributed by atoms with Crippen molar-refractivity contribution in [1.82, 2.24) is 10.6 Å². The fourth-order valence-electron chi connectivity index (χ4n) is 2.03. The third-order valence-corrected chi connectivity index (χ3v) is 3.08. The highest BCUT2D eigenvalue weighted by Gasteiger charge is 2.33. The van der Waals surface area contributed by atoms with Crippen molar-refractivity contribution >= 4 is 17.6 Å². The number of benzene rings is 1. The van der Waals surface area contributed by atoms with Crippen LogP contribution in [0.1, 0.15) is 12.0 Å². The second-order valence-corrected chi connectivity index (χ2v) is 4.39. The fourth-order valence-corrected chi connectivity index (χ4v) is 2.03. The first-order valence-corrected chi connectivity index (χ1v) is 5.98. The molecule has 0 spiro atoms. The Morgan fingerprint density at radius 3 is 2.61 bits per heavy atom. The largest absolute Gasteiger partial charge is 0.341 e. The summed E-state index contributed by atoms with van der Waals surface area (Å²) in [6.07, 6.45) is 0.639. The molecule has 1 aliphatic heterocycles. The molecule has 2 rings (SSSR count). The van der Waals surface area contributed by atoms with Crippen LogP contribution in [-0.2, 0) is 4.79 Å². The molecule has 0 saturated carbocycles. The van der Waals surface area contributed by atoms with E-state index in [2.05, 4.69) is 10.6 Å². The lowest BCUT2D eigenvalue weighted by molar-refractivity contribution is -0.118. The summed E-state index contributed by atoms with van der Waals surface area (Å²) < 4.78 is 0. The van der Waals surface area contributed by atoms with E-state index in [9.17, 15) is 9.59 Å². The van der Waals surface area contributed by atoms with Crippen LogP contribution in [0.15, 0.2) is 24.3 Å². The van der Waals surface area contributed by atoms with E-state index in [1.807, 2.05) is 31.2 Å². The zero-order valence-corrected chi connectivity index (χ0v) is 10.6. The number of hydrogen-bond donors (Lipinski definition) is 2. The first-order valence-electron chi connectivity index (χ1n) is 5.98. The van der Waals surface area contributed by atoms with Gasteiger partial charge in [-0.25, -0.2) is 4.79 Å². The lowest BCUT2D eigenvalue weighted by Crippen LogP contribution is -2.45. The number of amides is 3. The lowest BCUT2D eigenvalue weighted by Gasteiger charge is -2.17. The second kappa shape index (κ2) is 5.08. The van der Waals surface area contributed by atoms with Crippen molar-refractivity contribution in [3.05, 3.63) is 29.8 Å². The maximum absolute atomic E-state index is 12.1. The number of urea groups is 1. The van der Waals surface area contributed by atoms with Gasteiger partial charge in [0.1, 0.15) is 6.04 Å². The molecule has 5 nitrogen and oxygen atoms in total. The van der Waals surface area contributed by atoms with Crippen LogP contribution >= 0.6 is 0 Å². The molecule has 18 heavy (non-hydrogen) atoms. The van der Waals surface area contributed by atoms with Gasteiger partial charge in [-0.15, -0.1) is 0 Å². The highest BCUT2D eigenvalue weighted by atomic mass is 16.2. The molecular weight excluding hydrogens is 230 g/mol. The van der Waals surface area contributed by atoms with E-state index < -0.39 is 6.04 Å². The summed E-state index contributed by atoms with van der Waals surface area (Å²) in [6, 6.07) is 7.06. The minimum Gasteiger partial charge on any atom is -0.341 e. The summed E-state index contributed by atoms with van der Waals surface area (Å²) in [5, 5.41) is 5.10. The van der Waals surface area contributed by atoms with Gasteiger partial charge in [-0.2, -0.15) is 0 Å². The van der Waals surface area contributed by atoms with Crippen molar-refractivity contribution < 1.29 is 9.59 Å². The van der Waals surface area contributed by atoms with Crippen molar-refractivity contribution in [2.45, 2.75) is 19.4 Å². The molecule has 3 amide bonds. The van der Waals surface area contributed by atoms with Gasteiger partial charge in [0.25, 0.3) is 0 Å².